The molecule has 2 N–H and O–H groups in total. The van der Waals surface area contributed by atoms with Crippen molar-refractivity contribution in [2.24, 2.45) is 18.9 Å². The molecule has 1 aliphatic carbocycles. The Morgan fingerprint density at radius 1 is 1.07 bits per heavy atom. The first-order valence-corrected chi connectivity index (χ1v) is 13.9. The van der Waals surface area contributed by atoms with Gasteiger partial charge < -0.3 is 20.3 Å². The summed E-state index contributed by atoms with van der Waals surface area (Å²) in [6.07, 6.45) is 6.23. The molecule has 1 aromatic heterocycles. The second-order valence-corrected chi connectivity index (χ2v) is 10.8. The molecular formula is C29H36FN7O3. The van der Waals surface area contributed by atoms with Crippen LogP contribution in [0.15, 0.2) is 42.5 Å². The number of aromatic nitrogens is 4. The fourth-order valence-corrected chi connectivity index (χ4v) is 5.96. The number of benzene rings is 2. The van der Waals surface area contributed by atoms with Crippen molar-refractivity contribution in [3.05, 3.63) is 53.8 Å². The van der Waals surface area contributed by atoms with Crippen LogP contribution in [0.2, 0.25) is 0 Å². The highest BCUT2D eigenvalue weighted by atomic mass is 19.1. The molecule has 2 aromatic carbocycles. The number of carbonyl (C=O) groups excluding carboxylic acids is 2. The van der Waals surface area contributed by atoms with Crippen molar-refractivity contribution in [1.82, 2.24) is 30.4 Å². The molecule has 0 radical (unpaired) electrons. The maximum atomic E-state index is 13.7. The molecule has 3 atom stereocenters. The van der Waals surface area contributed by atoms with E-state index in [0.717, 1.165) is 62.6 Å². The molecule has 1 saturated heterocycles. The molecule has 10 nitrogen and oxygen atoms in total. The Hall–Kier alpha value is -4.02. The SMILES string of the molecule is COc1ccc(-c2nnnn2C)cc1NC(=O)N[C@@H]1CCCC[C@H]1C(=O)N1CCC[C@@H](Cc2ccc(F)cc2)C1. The minimum absolute atomic E-state index is 0.114. The third-order valence-corrected chi connectivity index (χ3v) is 7.99. The molecule has 1 aliphatic heterocycles. The minimum atomic E-state index is -0.385. The lowest BCUT2D eigenvalue weighted by atomic mass is 9.82. The van der Waals surface area contributed by atoms with Crippen molar-refractivity contribution >= 4 is 17.6 Å². The number of nitrogens with zero attached hydrogens (tertiary/aromatic N) is 5. The Balaban J connectivity index is 1.23. The van der Waals surface area contributed by atoms with E-state index in [9.17, 15) is 14.0 Å². The van der Waals surface area contributed by atoms with E-state index < -0.39 is 0 Å². The maximum absolute atomic E-state index is 13.7. The van der Waals surface area contributed by atoms with E-state index in [-0.39, 0.29) is 29.7 Å². The highest BCUT2D eigenvalue weighted by Gasteiger charge is 2.36. The van der Waals surface area contributed by atoms with Crippen LogP contribution in [0.25, 0.3) is 11.4 Å². The van der Waals surface area contributed by atoms with Gasteiger partial charge >= 0.3 is 6.03 Å². The summed E-state index contributed by atoms with van der Waals surface area (Å²) in [6, 6.07) is 11.3. The lowest BCUT2D eigenvalue weighted by Gasteiger charge is -2.39. The van der Waals surface area contributed by atoms with E-state index >= 15 is 0 Å². The Kier molecular flexibility index (Phi) is 8.57. The van der Waals surface area contributed by atoms with Gasteiger partial charge in [0.05, 0.1) is 18.7 Å². The van der Waals surface area contributed by atoms with Gasteiger partial charge in [-0.1, -0.05) is 25.0 Å². The van der Waals surface area contributed by atoms with Crippen LogP contribution in [-0.4, -0.2) is 63.3 Å². The number of ether oxygens (including phenoxy) is 1. The average Bonchev–Trinajstić information content (AvgIpc) is 3.40. The molecule has 0 unspecified atom stereocenters. The molecule has 3 aromatic rings. The molecule has 0 spiro atoms. The number of hydrogen-bond donors (Lipinski definition) is 2. The van der Waals surface area contributed by atoms with E-state index in [4.69, 9.17) is 4.74 Å². The minimum Gasteiger partial charge on any atom is -0.495 e. The van der Waals surface area contributed by atoms with Crippen molar-refractivity contribution in [2.45, 2.75) is 51.0 Å². The van der Waals surface area contributed by atoms with Gasteiger partial charge in [-0.25, -0.2) is 13.9 Å². The monoisotopic (exact) mass is 549 g/mol. The van der Waals surface area contributed by atoms with Crippen molar-refractivity contribution in [3.8, 4) is 17.1 Å². The zero-order chi connectivity index (χ0) is 28.1. The molecule has 212 valence electrons. The number of carbonyl (C=O) groups is 2. The van der Waals surface area contributed by atoms with Crippen molar-refractivity contribution in [2.75, 3.05) is 25.5 Å². The maximum Gasteiger partial charge on any atom is 0.319 e. The zero-order valence-electron chi connectivity index (χ0n) is 23.0. The van der Waals surface area contributed by atoms with Crippen LogP contribution in [0, 0.1) is 17.7 Å². The summed E-state index contributed by atoms with van der Waals surface area (Å²) in [6.45, 7) is 1.42. The Morgan fingerprint density at radius 3 is 2.62 bits per heavy atom. The number of aryl methyl sites for hydroxylation is 1. The molecule has 5 rings (SSSR count). The molecular weight excluding hydrogens is 513 g/mol. The van der Waals surface area contributed by atoms with Crippen LogP contribution in [0.5, 0.6) is 5.75 Å². The lowest BCUT2D eigenvalue weighted by Crippen LogP contribution is -2.52. The predicted octanol–water partition coefficient (Wildman–Crippen LogP) is 4.19. The van der Waals surface area contributed by atoms with Gasteiger partial charge in [0.15, 0.2) is 5.82 Å². The number of likely N-dealkylation sites (tertiary alicyclic amines) is 1. The normalized spacial score (nSPS) is 21.1. The van der Waals surface area contributed by atoms with E-state index in [1.54, 1.807) is 31.0 Å². The van der Waals surface area contributed by atoms with Crippen LogP contribution in [0.1, 0.15) is 44.1 Å². The fraction of sp³-hybridized carbons (Fsp3) is 0.483. The average molecular weight is 550 g/mol. The second-order valence-electron chi connectivity index (χ2n) is 10.8. The summed E-state index contributed by atoms with van der Waals surface area (Å²) in [5, 5.41) is 17.6. The molecule has 1 saturated carbocycles. The summed E-state index contributed by atoms with van der Waals surface area (Å²) in [7, 11) is 3.28. The van der Waals surface area contributed by atoms with Crippen LogP contribution >= 0.6 is 0 Å². The van der Waals surface area contributed by atoms with E-state index in [2.05, 4.69) is 26.2 Å². The van der Waals surface area contributed by atoms with Gasteiger partial charge in [0.1, 0.15) is 11.6 Å². The summed E-state index contributed by atoms with van der Waals surface area (Å²) in [5.74, 6) is 1.02. The lowest BCUT2D eigenvalue weighted by molar-refractivity contribution is -0.139. The summed E-state index contributed by atoms with van der Waals surface area (Å²) < 4.78 is 20.3. The van der Waals surface area contributed by atoms with Gasteiger partial charge in [0.25, 0.3) is 0 Å². The number of nitrogens with one attached hydrogen (secondary N) is 2. The highest BCUT2D eigenvalue weighted by Crippen LogP contribution is 2.31. The number of rotatable bonds is 7. The first kappa shape index (κ1) is 27.5. The van der Waals surface area contributed by atoms with Crippen LogP contribution < -0.4 is 15.4 Å². The van der Waals surface area contributed by atoms with Gasteiger partial charge in [0, 0.05) is 31.7 Å². The number of hydrogen-bond acceptors (Lipinski definition) is 6. The molecule has 40 heavy (non-hydrogen) atoms. The van der Waals surface area contributed by atoms with E-state index in [1.807, 2.05) is 23.1 Å². The third-order valence-electron chi connectivity index (χ3n) is 7.99. The number of urea groups is 1. The Labute approximate surface area is 233 Å². The molecule has 2 aliphatic rings. The zero-order valence-corrected chi connectivity index (χ0v) is 23.0. The smallest absolute Gasteiger partial charge is 0.319 e. The van der Waals surface area contributed by atoms with Gasteiger partial charge in [-0.15, -0.1) is 5.10 Å². The molecule has 2 fully saturated rings. The van der Waals surface area contributed by atoms with Crippen molar-refractivity contribution in [1.29, 1.82) is 0 Å². The van der Waals surface area contributed by atoms with Crippen molar-refractivity contribution in [3.63, 3.8) is 0 Å². The first-order chi connectivity index (χ1) is 19.4. The van der Waals surface area contributed by atoms with E-state index in [0.29, 0.717) is 29.7 Å². The molecule has 0 bridgehead atoms. The highest BCUT2D eigenvalue weighted by molar-refractivity contribution is 5.92. The number of piperidine rings is 1. The predicted molar refractivity (Wildman–Crippen MR) is 148 cm³/mol. The summed E-state index contributed by atoms with van der Waals surface area (Å²) in [4.78, 5) is 28.9. The van der Waals surface area contributed by atoms with E-state index in [1.165, 1.54) is 12.1 Å². The quantitative estimate of drug-likeness (QED) is 0.457. The number of tetrazole rings is 1. The molecule has 2 heterocycles. The van der Waals surface area contributed by atoms with Gasteiger partial charge in [-0.3, -0.25) is 4.79 Å². The fourth-order valence-electron chi connectivity index (χ4n) is 5.96. The number of amides is 3. The standard InChI is InChI=1S/C29H36FN7O3/c1-36-27(33-34-35-36)21-11-14-26(40-2)25(17-21)32-29(39)31-24-8-4-3-7-23(24)28(38)37-15-5-6-20(18-37)16-19-9-12-22(30)13-10-19/h9-14,17,20,23-24H,3-8,15-16,18H2,1-2H3,(H2,31,32,39)/t20-,23+,24+/m0/s1. The van der Waals surface area contributed by atoms with Gasteiger partial charge in [0.2, 0.25) is 5.91 Å². The second kappa shape index (κ2) is 12.4. The first-order valence-electron chi connectivity index (χ1n) is 13.9. The summed E-state index contributed by atoms with van der Waals surface area (Å²) >= 11 is 0. The van der Waals surface area contributed by atoms with Gasteiger partial charge in [-0.2, -0.15) is 0 Å². The topological polar surface area (TPSA) is 114 Å². The van der Waals surface area contributed by atoms with Gasteiger partial charge in [-0.05, 0) is 84.3 Å². The number of methoxy groups -OCH3 is 1. The molecule has 3 amide bonds. The number of halogens is 1. The number of anilines is 1. The summed E-state index contributed by atoms with van der Waals surface area (Å²) in [5.41, 5.74) is 2.30. The van der Waals surface area contributed by atoms with Crippen LogP contribution in [0.3, 0.4) is 0 Å². The Bertz CT molecular complexity index is 1330. The van der Waals surface area contributed by atoms with Crippen LogP contribution in [-0.2, 0) is 18.3 Å². The van der Waals surface area contributed by atoms with Crippen LogP contribution in [0.4, 0.5) is 14.9 Å². The molecule has 11 heteroatoms. The largest absolute Gasteiger partial charge is 0.495 e. The third kappa shape index (κ3) is 6.40. The Morgan fingerprint density at radius 2 is 1.88 bits per heavy atom. The van der Waals surface area contributed by atoms with Crippen molar-refractivity contribution < 1.29 is 18.7 Å².